The van der Waals surface area contributed by atoms with E-state index in [4.69, 9.17) is 11.6 Å². The summed E-state index contributed by atoms with van der Waals surface area (Å²) in [5.74, 6) is 1.14. The summed E-state index contributed by atoms with van der Waals surface area (Å²) in [5, 5.41) is 13.1. The molecule has 0 saturated heterocycles. The van der Waals surface area contributed by atoms with Crippen LogP contribution < -0.4 is 0 Å². The highest BCUT2D eigenvalue weighted by Gasteiger charge is 2.37. The first-order valence-corrected chi connectivity index (χ1v) is 9.98. The van der Waals surface area contributed by atoms with E-state index in [1.165, 1.54) is 53.1 Å². The molecule has 1 fully saturated rings. The van der Waals surface area contributed by atoms with E-state index in [9.17, 15) is 5.26 Å². The summed E-state index contributed by atoms with van der Waals surface area (Å²) in [7, 11) is 0. The van der Waals surface area contributed by atoms with Gasteiger partial charge in [0.1, 0.15) is 0 Å². The zero-order valence-corrected chi connectivity index (χ0v) is 16.3. The van der Waals surface area contributed by atoms with Crippen molar-refractivity contribution in [3.63, 3.8) is 0 Å². The Bertz CT molecular complexity index is 1100. The van der Waals surface area contributed by atoms with Gasteiger partial charge in [-0.15, -0.1) is 0 Å². The Kier molecular flexibility index (Phi) is 3.29. The molecule has 6 rings (SSSR count). The van der Waals surface area contributed by atoms with Gasteiger partial charge in [-0.25, -0.2) is 0 Å². The van der Waals surface area contributed by atoms with Crippen LogP contribution in [0.4, 0.5) is 0 Å². The van der Waals surface area contributed by atoms with Crippen LogP contribution in [-0.4, -0.2) is 4.98 Å². The predicted molar refractivity (Wildman–Crippen MR) is 108 cm³/mol. The fourth-order valence-corrected chi connectivity index (χ4v) is 5.50. The average Bonchev–Trinajstić information content (AvgIpc) is 3.00. The van der Waals surface area contributed by atoms with Gasteiger partial charge in [-0.3, -0.25) is 0 Å². The molecule has 2 bridgehead atoms. The van der Waals surface area contributed by atoms with Gasteiger partial charge in [0.05, 0.1) is 22.2 Å². The van der Waals surface area contributed by atoms with Crippen molar-refractivity contribution in [1.82, 2.24) is 4.98 Å². The molecular weight excluding hydrogens is 340 g/mol. The van der Waals surface area contributed by atoms with E-state index < -0.39 is 0 Å². The van der Waals surface area contributed by atoms with Gasteiger partial charge in [0.15, 0.2) is 0 Å². The van der Waals surface area contributed by atoms with Crippen LogP contribution in [0.25, 0.3) is 21.8 Å². The summed E-state index contributed by atoms with van der Waals surface area (Å²) >= 11 is 6.68. The number of hydrogen-bond donors (Lipinski definition) is 1. The lowest BCUT2D eigenvalue weighted by molar-refractivity contribution is 0.361. The normalized spacial score (nSPS) is 22.0. The number of nitrogens with zero attached hydrogens (tertiary/aromatic N) is 1. The van der Waals surface area contributed by atoms with E-state index in [1.807, 2.05) is 0 Å². The van der Waals surface area contributed by atoms with Crippen molar-refractivity contribution in [3.8, 4) is 6.07 Å². The minimum absolute atomic E-state index is 0.0487. The Hall–Kier alpha value is -1.98. The van der Waals surface area contributed by atoms with Crippen molar-refractivity contribution in [1.29, 1.82) is 5.26 Å². The van der Waals surface area contributed by atoms with Gasteiger partial charge in [0.2, 0.25) is 0 Å². The van der Waals surface area contributed by atoms with E-state index in [0.717, 1.165) is 21.6 Å². The largest absolute Gasteiger partial charge is 0.353 e. The second-order valence-electron chi connectivity index (χ2n) is 9.09. The molecule has 1 heterocycles. The summed E-state index contributed by atoms with van der Waals surface area (Å²) < 4.78 is 0. The number of halogens is 1. The van der Waals surface area contributed by atoms with E-state index in [-0.39, 0.29) is 5.41 Å². The molecule has 1 saturated carbocycles. The van der Waals surface area contributed by atoms with Crippen molar-refractivity contribution in [2.75, 3.05) is 0 Å². The van der Waals surface area contributed by atoms with Crippen molar-refractivity contribution in [2.45, 2.75) is 63.7 Å². The predicted octanol–water partition coefficient (Wildman–Crippen LogP) is 6.90. The van der Waals surface area contributed by atoms with Gasteiger partial charge in [-0.1, -0.05) is 32.4 Å². The number of nitrogens with one attached hydrogen (secondary N) is 1. The van der Waals surface area contributed by atoms with Gasteiger partial charge < -0.3 is 4.98 Å². The molecule has 3 heteroatoms. The molecule has 3 aromatic rings. The maximum Gasteiger partial charge on any atom is 0.0995 e. The SMILES string of the molecule is CC(C)(C)c1cc(Cl)c2[nH]c3cc(C#N)c4c(c3c2c1)C1CCC4CC1. The third kappa shape index (κ3) is 2.10. The van der Waals surface area contributed by atoms with Crippen LogP contribution in [0.3, 0.4) is 0 Å². The lowest BCUT2D eigenvalue weighted by Gasteiger charge is -2.39. The first-order chi connectivity index (χ1) is 12.4. The lowest BCUT2D eigenvalue weighted by Crippen LogP contribution is -2.23. The van der Waals surface area contributed by atoms with Crippen molar-refractivity contribution >= 4 is 33.4 Å². The smallest absolute Gasteiger partial charge is 0.0995 e. The van der Waals surface area contributed by atoms with Crippen LogP contribution >= 0.6 is 11.6 Å². The van der Waals surface area contributed by atoms with Crippen LogP contribution in [0.2, 0.25) is 5.02 Å². The number of benzene rings is 2. The summed E-state index contributed by atoms with van der Waals surface area (Å²) in [6.07, 6.45) is 4.96. The number of fused-ring (bicyclic) bond motifs is 5. The number of nitriles is 1. The van der Waals surface area contributed by atoms with Crippen molar-refractivity contribution in [3.05, 3.63) is 45.5 Å². The topological polar surface area (TPSA) is 39.6 Å². The summed E-state index contributed by atoms with van der Waals surface area (Å²) in [4.78, 5) is 3.53. The fraction of sp³-hybridized carbons (Fsp3) is 0.435. The molecule has 2 aromatic carbocycles. The maximum atomic E-state index is 9.77. The summed E-state index contributed by atoms with van der Waals surface area (Å²) in [6.45, 7) is 6.68. The molecule has 2 nitrogen and oxygen atoms in total. The third-order valence-electron chi connectivity index (χ3n) is 6.56. The van der Waals surface area contributed by atoms with Crippen LogP contribution in [-0.2, 0) is 5.41 Å². The average molecular weight is 363 g/mol. The highest BCUT2D eigenvalue weighted by atomic mass is 35.5. The Morgan fingerprint density at radius 2 is 1.69 bits per heavy atom. The Labute approximate surface area is 159 Å². The monoisotopic (exact) mass is 362 g/mol. The number of rotatable bonds is 0. The number of hydrogen-bond acceptors (Lipinski definition) is 1. The number of H-pyrrole nitrogens is 1. The molecular formula is C23H23ClN2. The molecule has 0 aliphatic heterocycles. The zero-order valence-electron chi connectivity index (χ0n) is 15.5. The van der Waals surface area contributed by atoms with Crippen LogP contribution in [0, 0.1) is 11.3 Å². The van der Waals surface area contributed by atoms with Gasteiger partial charge >= 0.3 is 0 Å². The minimum atomic E-state index is 0.0487. The van der Waals surface area contributed by atoms with Crippen molar-refractivity contribution < 1.29 is 0 Å². The first-order valence-electron chi connectivity index (χ1n) is 9.60. The quantitative estimate of drug-likeness (QED) is 0.464. The second-order valence-corrected chi connectivity index (χ2v) is 9.50. The van der Waals surface area contributed by atoms with Crippen molar-refractivity contribution in [2.24, 2.45) is 0 Å². The van der Waals surface area contributed by atoms with E-state index in [0.29, 0.717) is 11.8 Å². The Morgan fingerprint density at radius 3 is 2.31 bits per heavy atom. The molecule has 26 heavy (non-hydrogen) atoms. The number of aromatic nitrogens is 1. The molecule has 132 valence electrons. The fourth-order valence-electron chi connectivity index (χ4n) is 5.23. The standard InChI is InChI=1S/C23H23ClN2/c1-23(2,3)15-9-16-21-18(26-22(16)17(24)10-15)8-14(11-25)19-12-4-6-13(7-5-12)20(19)21/h8-10,12-13,26H,4-7H2,1-3H3. The molecule has 0 unspecified atom stereocenters. The number of aromatic amines is 1. The molecule has 0 atom stereocenters. The summed E-state index contributed by atoms with van der Waals surface area (Å²) in [5.41, 5.74) is 7.02. The van der Waals surface area contributed by atoms with Crippen LogP contribution in [0.1, 0.15) is 80.5 Å². The molecule has 0 amide bonds. The Balaban J connectivity index is 1.96. The third-order valence-corrected chi connectivity index (χ3v) is 6.86. The van der Waals surface area contributed by atoms with Crippen LogP contribution in [0.5, 0.6) is 0 Å². The van der Waals surface area contributed by atoms with Crippen LogP contribution in [0.15, 0.2) is 18.2 Å². The van der Waals surface area contributed by atoms with Gasteiger partial charge in [-0.05, 0) is 77.8 Å². The highest BCUT2D eigenvalue weighted by Crippen LogP contribution is 2.54. The molecule has 0 radical (unpaired) electrons. The zero-order chi connectivity index (χ0) is 18.2. The minimum Gasteiger partial charge on any atom is -0.353 e. The molecule has 1 N–H and O–H groups in total. The lowest BCUT2D eigenvalue weighted by atomic mass is 9.65. The molecule has 3 aliphatic rings. The molecule has 0 spiro atoms. The van der Waals surface area contributed by atoms with Gasteiger partial charge in [0, 0.05) is 16.3 Å². The van der Waals surface area contributed by atoms with E-state index in [2.05, 4.69) is 50.0 Å². The highest BCUT2D eigenvalue weighted by molar-refractivity contribution is 6.36. The van der Waals surface area contributed by atoms with Gasteiger partial charge in [0.25, 0.3) is 0 Å². The second kappa shape index (κ2) is 5.27. The first kappa shape index (κ1) is 16.2. The van der Waals surface area contributed by atoms with Gasteiger partial charge in [-0.2, -0.15) is 5.26 Å². The van der Waals surface area contributed by atoms with E-state index >= 15 is 0 Å². The van der Waals surface area contributed by atoms with E-state index in [1.54, 1.807) is 0 Å². The Morgan fingerprint density at radius 1 is 1.04 bits per heavy atom. The molecule has 1 aromatic heterocycles. The summed E-state index contributed by atoms with van der Waals surface area (Å²) in [6, 6.07) is 8.93. The maximum absolute atomic E-state index is 9.77. The molecule has 3 aliphatic carbocycles.